The fourth-order valence-electron chi connectivity index (χ4n) is 2.50. The van der Waals surface area contributed by atoms with E-state index in [1.807, 2.05) is 6.07 Å². The van der Waals surface area contributed by atoms with E-state index in [0.717, 1.165) is 38.2 Å². The van der Waals surface area contributed by atoms with E-state index >= 15 is 0 Å². The van der Waals surface area contributed by atoms with Crippen LogP contribution in [0.15, 0.2) is 18.2 Å². The minimum absolute atomic E-state index is 0.125. The summed E-state index contributed by atoms with van der Waals surface area (Å²) in [6, 6.07) is 6.65. The van der Waals surface area contributed by atoms with Crippen LogP contribution < -0.4 is 5.73 Å². The molecule has 0 spiro atoms. The van der Waals surface area contributed by atoms with Crippen molar-refractivity contribution >= 4 is 0 Å². The van der Waals surface area contributed by atoms with Gasteiger partial charge in [0.05, 0.1) is 5.56 Å². The highest BCUT2D eigenvalue weighted by molar-refractivity contribution is 5.34. The van der Waals surface area contributed by atoms with Gasteiger partial charge in [-0.05, 0) is 49.5 Å². The first kappa shape index (κ1) is 13.0. The van der Waals surface area contributed by atoms with E-state index in [1.165, 1.54) is 12.5 Å². The van der Waals surface area contributed by atoms with E-state index in [4.69, 9.17) is 11.0 Å². The van der Waals surface area contributed by atoms with Crippen LogP contribution in [-0.4, -0.2) is 24.5 Å². The average Bonchev–Trinajstić information content (AvgIpc) is 2.41. The van der Waals surface area contributed by atoms with Crippen LogP contribution in [0.5, 0.6) is 0 Å². The standard InChI is InChI=1S/C14H18FN3/c15-14-4-3-11(6-13(14)8-17)9-18-5-1-2-12(7-16)10-18/h3-4,6,12H,1-2,5,7,9-10,16H2. The van der Waals surface area contributed by atoms with Gasteiger partial charge in [-0.25, -0.2) is 4.39 Å². The van der Waals surface area contributed by atoms with Crippen LogP contribution in [0.1, 0.15) is 24.0 Å². The monoisotopic (exact) mass is 247 g/mol. The molecule has 3 nitrogen and oxygen atoms in total. The number of halogens is 1. The Morgan fingerprint density at radius 3 is 3.06 bits per heavy atom. The molecule has 18 heavy (non-hydrogen) atoms. The molecule has 1 aliphatic heterocycles. The van der Waals surface area contributed by atoms with E-state index in [9.17, 15) is 4.39 Å². The second-order valence-corrected chi connectivity index (χ2v) is 4.91. The summed E-state index contributed by atoms with van der Waals surface area (Å²) in [5.74, 6) is 0.120. The summed E-state index contributed by atoms with van der Waals surface area (Å²) < 4.78 is 13.2. The second-order valence-electron chi connectivity index (χ2n) is 4.91. The third-order valence-electron chi connectivity index (χ3n) is 3.49. The topological polar surface area (TPSA) is 53.0 Å². The van der Waals surface area contributed by atoms with Crippen molar-refractivity contribution in [3.63, 3.8) is 0 Å². The number of benzene rings is 1. The molecule has 1 aromatic carbocycles. The minimum atomic E-state index is -0.445. The van der Waals surface area contributed by atoms with E-state index in [-0.39, 0.29) is 5.56 Å². The summed E-state index contributed by atoms with van der Waals surface area (Å²) in [7, 11) is 0. The molecule has 1 aromatic rings. The third-order valence-corrected chi connectivity index (χ3v) is 3.49. The number of rotatable bonds is 3. The maximum absolute atomic E-state index is 13.2. The fraction of sp³-hybridized carbons (Fsp3) is 0.500. The lowest BCUT2D eigenvalue weighted by molar-refractivity contribution is 0.171. The van der Waals surface area contributed by atoms with Crippen LogP contribution in [-0.2, 0) is 6.54 Å². The summed E-state index contributed by atoms with van der Waals surface area (Å²) in [4.78, 5) is 2.33. The van der Waals surface area contributed by atoms with Crippen molar-refractivity contribution in [3.05, 3.63) is 35.1 Å². The van der Waals surface area contributed by atoms with Gasteiger partial charge < -0.3 is 5.73 Å². The zero-order chi connectivity index (χ0) is 13.0. The minimum Gasteiger partial charge on any atom is -0.330 e. The molecule has 0 bridgehead atoms. The van der Waals surface area contributed by atoms with Crippen molar-refractivity contribution in [2.24, 2.45) is 11.7 Å². The van der Waals surface area contributed by atoms with Crippen LogP contribution in [0.4, 0.5) is 4.39 Å². The van der Waals surface area contributed by atoms with Gasteiger partial charge in [-0.3, -0.25) is 4.90 Å². The molecule has 0 aliphatic carbocycles. The fourth-order valence-corrected chi connectivity index (χ4v) is 2.50. The number of hydrogen-bond acceptors (Lipinski definition) is 3. The molecule has 0 aromatic heterocycles. The first-order valence-corrected chi connectivity index (χ1v) is 6.34. The van der Waals surface area contributed by atoms with Gasteiger partial charge in [0.25, 0.3) is 0 Å². The van der Waals surface area contributed by atoms with Crippen molar-refractivity contribution in [3.8, 4) is 6.07 Å². The van der Waals surface area contributed by atoms with Gasteiger partial charge in [0.15, 0.2) is 0 Å². The first-order valence-electron chi connectivity index (χ1n) is 6.34. The number of nitrogens with two attached hydrogens (primary N) is 1. The van der Waals surface area contributed by atoms with Crippen LogP contribution in [0.25, 0.3) is 0 Å². The van der Waals surface area contributed by atoms with Crippen molar-refractivity contribution in [1.29, 1.82) is 5.26 Å². The Morgan fingerprint density at radius 2 is 2.33 bits per heavy atom. The smallest absolute Gasteiger partial charge is 0.140 e. The number of hydrogen-bond donors (Lipinski definition) is 1. The van der Waals surface area contributed by atoms with Crippen molar-refractivity contribution in [2.75, 3.05) is 19.6 Å². The van der Waals surface area contributed by atoms with Crippen LogP contribution in [0.2, 0.25) is 0 Å². The zero-order valence-electron chi connectivity index (χ0n) is 10.4. The lowest BCUT2D eigenvalue weighted by atomic mass is 9.98. The van der Waals surface area contributed by atoms with Crippen molar-refractivity contribution < 1.29 is 4.39 Å². The predicted octanol–water partition coefficient (Wildman–Crippen LogP) is 1.87. The van der Waals surface area contributed by atoms with Gasteiger partial charge in [0.1, 0.15) is 11.9 Å². The Morgan fingerprint density at radius 1 is 1.50 bits per heavy atom. The van der Waals surface area contributed by atoms with Gasteiger partial charge in [-0.1, -0.05) is 6.07 Å². The molecule has 0 radical (unpaired) electrons. The molecule has 0 saturated carbocycles. The van der Waals surface area contributed by atoms with Gasteiger partial charge in [-0.15, -0.1) is 0 Å². The highest BCUT2D eigenvalue weighted by Gasteiger charge is 2.18. The molecule has 4 heteroatoms. The Hall–Kier alpha value is -1.44. The van der Waals surface area contributed by atoms with E-state index in [1.54, 1.807) is 12.1 Å². The number of nitrogens with zero attached hydrogens (tertiary/aromatic N) is 2. The number of piperidine rings is 1. The first-order chi connectivity index (χ1) is 8.72. The molecule has 1 heterocycles. The van der Waals surface area contributed by atoms with E-state index in [0.29, 0.717) is 5.92 Å². The molecule has 1 atom stereocenters. The molecule has 1 fully saturated rings. The molecule has 1 saturated heterocycles. The van der Waals surface area contributed by atoms with Crippen LogP contribution >= 0.6 is 0 Å². The molecule has 0 amide bonds. The van der Waals surface area contributed by atoms with Crippen LogP contribution in [0.3, 0.4) is 0 Å². The van der Waals surface area contributed by atoms with E-state index < -0.39 is 5.82 Å². The van der Waals surface area contributed by atoms with Crippen molar-refractivity contribution in [1.82, 2.24) is 4.90 Å². The number of likely N-dealkylation sites (tertiary alicyclic amines) is 1. The second kappa shape index (κ2) is 5.94. The molecule has 96 valence electrons. The summed E-state index contributed by atoms with van der Waals surface area (Å²) >= 11 is 0. The molecular formula is C14H18FN3. The van der Waals surface area contributed by atoms with Gasteiger partial charge in [-0.2, -0.15) is 5.26 Å². The molecule has 1 aliphatic rings. The van der Waals surface area contributed by atoms with Gasteiger partial charge >= 0.3 is 0 Å². The normalized spacial score (nSPS) is 20.6. The summed E-state index contributed by atoms with van der Waals surface area (Å²) in [5, 5.41) is 8.81. The SMILES string of the molecule is N#Cc1cc(CN2CCCC(CN)C2)ccc1F. The third kappa shape index (κ3) is 3.06. The Bertz CT molecular complexity index is 453. The van der Waals surface area contributed by atoms with Crippen molar-refractivity contribution in [2.45, 2.75) is 19.4 Å². The zero-order valence-corrected chi connectivity index (χ0v) is 10.4. The largest absolute Gasteiger partial charge is 0.330 e. The molecule has 1 unspecified atom stereocenters. The Balaban J connectivity index is 2.03. The molecule has 2 N–H and O–H groups in total. The summed E-state index contributed by atoms with van der Waals surface area (Å²) in [6.07, 6.45) is 2.36. The summed E-state index contributed by atoms with van der Waals surface area (Å²) in [5.41, 5.74) is 6.82. The highest BCUT2D eigenvalue weighted by atomic mass is 19.1. The Labute approximate surface area is 107 Å². The maximum atomic E-state index is 13.2. The van der Waals surface area contributed by atoms with Gasteiger partial charge in [0.2, 0.25) is 0 Å². The Kier molecular flexibility index (Phi) is 4.29. The number of nitriles is 1. The quantitative estimate of drug-likeness (QED) is 0.887. The highest BCUT2D eigenvalue weighted by Crippen LogP contribution is 2.18. The van der Waals surface area contributed by atoms with Crippen LogP contribution in [0, 0.1) is 23.1 Å². The average molecular weight is 247 g/mol. The van der Waals surface area contributed by atoms with E-state index in [2.05, 4.69) is 4.90 Å². The summed E-state index contributed by atoms with van der Waals surface area (Å²) in [6.45, 7) is 3.54. The molecule has 2 rings (SSSR count). The van der Waals surface area contributed by atoms with Gasteiger partial charge in [0, 0.05) is 13.1 Å². The predicted molar refractivity (Wildman–Crippen MR) is 68.2 cm³/mol. The lowest BCUT2D eigenvalue weighted by Gasteiger charge is -2.32. The maximum Gasteiger partial charge on any atom is 0.140 e. The lowest BCUT2D eigenvalue weighted by Crippen LogP contribution is -2.37. The molecular weight excluding hydrogens is 229 g/mol.